The summed E-state index contributed by atoms with van der Waals surface area (Å²) in [6.07, 6.45) is 9.74. The number of morpholine rings is 1. The van der Waals surface area contributed by atoms with Gasteiger partial charge in [0.25, 0.3) is 0 Å². The number of allylic oxidation sites excluding steroid dienone is 2. The number of nitrogens with one attached hydrogen (secondary N) is 1. The highest BCUT2D eigenvalue weighted by Gasteiger charge is 2.49. The molecular weight excluding hydrogens is 697 g/mol. The Kier molecular flexibility index (Phi) is 11.9. The van der Waals surface area contributed by atoms with Crippen LogP contribution in [0, 0.1) is 29.5 Å². The quantitative estimate of drug-likeness (QED) is 0.101. The van der Waals surface area contributed by atoms with E-state index in [0.29, 0.717) is 53.6 Å². The molecule has 2 saturated heterocycles. The van der Waals surface area contributed by atoms with E-state index < -0.39 is 17.7 Å². The van der Waals surface area contributed by atoms with E-state index >= 15 is 8.78 Å². The third kappa shape index (κ3) is 7.86. The van der Waals surface area contributed by atoms with Gasteiger partial charge in [-0.3, -0.25) is 14.7 Å². The fraction of sp³-hybridized carbons (Fsp3) is 0.537. The van der Waals surface area contributed by atoms with Crippen LogP contribution in [0.2, 0.25) is 0 Å². The van der Waals surface area contributed by atoms with Crippen molar-refractivity contribution in [1.29, 1.82) is 5.26 Å². The number of ether oxygens (including phenoxy) is 3. The number of Topliss-reactive ketones (excluding diaryl/α,β-unsaturated/α-hetero) is 1. The molecule has 53 heavy (non-hydrogen) atoms. The molecule has 3 atom stereocenters. The highest BCUT2D eigenvalue weighted by atomic mass is 32.1. The zero-order valence-corrected chi connectivity index (χ0v) is 32.3. The van der Waals surface area contributed by atoms with Crippen molar-refractivity contribution in [1.82, 2.24) is 10.2 Å². The third-order valence-electron chi connectivity index (χ3n) is 11.0. The number of ketones is 1. The molecule has 4 heterocycles. The van der Waals surface area contributed by atoms with Gasteiger partial charge in [0, 0.05) is 41.2 Å². The number of aliphatic imine (C=N–C) groups is 1. The zero-order chi connectivity index (χ0) is 38.0. The van der Waals surface area contributed by atoms with Crippen LogP contribution < -0.4 is 11.1 Å². The van der Waals surface area contributed by atoms with Crippen molar-refractivity contribution < 1.29 is 27.8 Å². The maximum atomic E-state index is 17.1. The lowest BCUT2D eigenvalue weighted by molar-refractivity contribution is -0.118. The fourth-order valence-electron chi connectivity index (χ4n) is 7.78. The number of unbranched alkanes of at least 4 members (excludes halogenated alkanes) is 1. The monoisotopic (exact) mass is 747 g/mol. The molecule has 0 spiro atoms. The smallest absolute Gasteiger partial charge is 0.188 e. The highest BCUT2D eigenvalue weighted by molar-refractivity contribution is 7.17. The van der Waals surface area contributed by atoms with Crippen LogP contribution in [0.4, 0.5) is 13.8 Å². The molecule has 1 aromatic carbocycles. The summed E-state index contributed by atoms with van der Waals surface area (Å²) in [4.78, 5) is 20.6. The van der Waals surface area contributed by atoms with Gasteiger partial charge in [0.2, 0.25) is 0 Å². The molecule has 2 aromatic rings. The van der Waals surface area contributed by atoms with Gasteiger partial charge in [-0.15, -0.1) is 11.3 Å². The molecule has 9 nitrogen and oxygen atoms in total. The minimum atomic E-state index is -0.661. The number of anilines is 1. The average Bonchev–Trinajstić information content (AvgIpc) is 3.55. The molecule has 12 heteroatoms. The first kappa shape index (κ1) is 38.8. The van der Waals surface area contributed by atoms with Gasteiger partial charge >= 0.3 is 0 Å². The van der Waals surface area contributed by atoms with E-state index in [2.05, 4.69) is 29.8 Å². The fourth-order valence-corrected chi connectivity index (χ4v) is 8.80. The lowest BCUT2D eigenvalue weighted by Crippen LogP contribution is -2.42. The molecule has 6 rings (SSSR count). The number of hydrogen-bond donors (Lipinski definition) is 2. The van der Waals surface area contributed by atoms with E-state index in [0.717, 1.165) is 69.6 Å². The second-order valence-corrected chi connectivity index (χ2v) is 15.9. The normalized spacial score (nSPS) is 21.4. The molecule has 0 radical (unpaired) electrons. The average molecular weight is 748 g/mol. The maximum Gasteiger partial charge on any atom is 0.188 e. The van der Waals surface area contributed by atoms with Gasteiger partial charge in [-0.25, -0.2) is 8.78 Å². The number of nitrogen functional groups attached to an aromatic ring is 1. The number of fused-ring (bicyclic) bond motifs is 3. The number of halogens is 2. The van der Waals surface area contributed by atoms with Crippen molar-refractivity contribution in [3.05, 3.63) is 74.3 Å². The number of rotatable bonds is 16. The third-order valence-corrected chi connectivity index (χ3v) is 12.0. The van der Waals surface area contributed by atoms with Crippen LogP contribution in [-0.2, 0) is 32.2 Å². The summed E-state index contributed by atoms with van der Waals surface area (Å²) in [7, 11) is 0. The number of amidine groups is 1. The Balaban J connectivity index is 1.40. The zero-order valence-electron chi connectivity index (χ0n) is 31.5. The van der Waals surface area contributed by atoms with Gasteiger partial charge in [0.15, 0.2) is 11.7 Å². The van der Waals surface area contributed by atoms with Gasteiger partial charge in [0.05, 0.1) is 43.0 Å². The van der Waals surface area contributed by atoms with Crippen molar-refractivity contribution in [3.8, 4) is 6.07 Å². The van der Waals surface area contributed by atoms with E-state index in [1.54, 1.807) is 13.8 Å². The Bertz CT molecular complexity index is 1910. The summed E-state index contributed by atoms with van der Waals surface area (Å²) in [5.74, 6) is -0.428. The Hall–Kier alpha value is -3.89. The van der Waals surface area contributed by atoms with Crippen LogP contribution >= 0.6 is 11.3 Å². The Labute approximate surface area is 315 Å². The maximum absolute atomic E-state index is 17.1. The summed E-state index contributed by atoms with van der Waals surface area (Å²) in [5.41, 5.74) is 8.66. The first-order valence-corrected chi connectivity index (χ1v) is 19.6. The minimum absolute atomic E-state index is 0.0513. The Morgan fingerprint density at radius 2 is 2.00 bits per heavy atom. The first-order valence-electron chi connectivity index (χ1n) is 18.8. The number of carbonyl (C=O) groups is 1. The van der Waals surface area contributed by atoms with Crippen molar-refractivity contribution in [2.75, 3.05) is 32.0 Å². The number of carbonyl (C=O) groups excluding carboxylic acids is 1. The van der Waals surface area contributed by atoms with E-state index in [4.69, 9.17) is 24.9 Å². The van der Waals surface area contributed by atoms with Gasteiger partial charge < -0.3 is 25.3 Å². The Morgan fingerprint density at radius 1 is 1.26 bits per heavy atom. The lowest BCUT2D eigenvalue weighted by atomic mass is 9.86. The molecule has 4 aliphatic rings. The van der Waals surface area contributed by atoms with Crippen molar-refractivity contribution in [3.63, 3.8) is 0 Å². The molecule has 3 unspecified atom stereocenters. The molecule has 3 aliphatic heterocycles. The molecule has 3 N–H and O–H groups in total. The summed E-state index contributed by atoms with van der Waals surface area (Å²) < 4.78 is 50.6. The SMILES string of the molecule is C=C(c1c(/C(F)=C\C)sc(N)c1C#N)c1c(F)c(C)c(C(=NC(CCC)C(C)=O)N/C(=C/CCC)OCC2(CN3CC4CC3CO4)CC2)c2c1COC2. The Morgan fingerprint density at radius 3 is 2.58 bits per heavy atom. The van der Waals surface area contributed by atoms with Crippen molar-refractivity contribution >= 4 is 39.4 Å². The first-order chi connectivity index (χ1) is 25.4. The van der Waals surface area contributed by atoms with Gasteiger partial charge in [0.1, 0.15) is 34.6 Å². The van der Waals surface area contributed by atoms with Crippen molar-refractivity contribution in [2.45, 2.75) is 111 Å². The molecule has 1 aromatic heterocycles. The summed E-state index contributed by atoms with van der Waals surface area (Å²) in [6, 6.07) is 1.88. The number of nitriles is 1. The van der Waals surface area contributed by atoms with Gasteiger partial charge in [-0.1, -0.05) is 39.3 Å². The van der Waals surface area contributed by atoms with E-state index in [1.807, 2.05) is 13.0 Å². The van der Waals surface area contributed by atoms with Crippen LogP contribution in [0.25, 0.3) is 11.4 Å². The van der Waals surface area contributed by atoms with Crippen LogP contribution in [0.5, 0.6) is 0 Å². The number of likely N-dealkylation sites (tertiary alicyclic amines) is 1. The highest BCUT2D eigenvalue weighted by Crippen LogP contribution is 2.49. The topological polar surface area (TPSA) is 122 Å². The van der Waals surface area contributed by atoms with E-state index in [9.17, 15) is 10.1 Å². The molecule has 0 amide bonds. The number of nitrogens with two attached hydrogens (primary N) is 1. The number of benzene rings is 1. The molecular formula is C41H51F2N5O4S. The predicted octanol–water partition coefficient (Wildman–Crippen LogP) is 8.08. The molecule has 1 saturated carbocycles. The number of hydrogen-bond acceptors (Lipinski definition) is 9. The largest absolute Gasteiger partial charge is 0.479 e. The summed E-state index contributed by atoms with van der Waals surface area (Å²) in [6.45, 7) is 16.5. The second kappa shape index (κ2) is 16.2. The van der Waals surface area contributed by atoms with E-state index in [-0.39, 0.29) is 62.1 Å². The number of nitrogens with zero attached hydrogens (tertiary/aromatic N) is 3. The second-order valence-electron chi connectivity index (χ2n) is 14.8. The molecule has 3 fully saturated rings. The predicted molar refractivity (Wildman–Crippen MR) is 205 cm³/mol. The van der Waals surface area contributed by atoms with Gasteiger partial charge in [-0.05, 0) is 81.2 Å². The number of thiophene rings is 1. The molecule has 2 bridgehead atoms. The van der Waals surface area contributed by atoms with Crippen LogP contribution in [-0.4, -0.2) is 61.0 Å². The van der Waals surface area contributed by atoms with Gasteiger partial charge in [-0.2, -0.15) is 5.26 Å². The summed E-state index contributed by atoms with van der Waals surface area (Å²) in [5, 5.41) is 13.6. The van der Waals surface area contributed by atoms with E-state index in [1.165, 1.54) is 13.0 Å². The van der Waals surface area contributed by atoms with Crippen molar-refractivity contribution in [2.24, 2.45) is 10.4 Å². The molecule has 284 valence electrons. The standard InChI is InChI=1S/C41H51F2N5O4S/c1-7-10-12-33(52-22-41(13-14-41)21-48-17-27-15-26(48)18-51-27)47-40(46-32(11-8-2)25(6)49)36-24(5)37(43)34(29-19-50-20-30(29)36)23(4)35-28(16-44)39(45)53-38(35)31(42)9-3/h9,12,26-27,32H,4,7-8,10-11,13-15,17-22,45H2,1-3,5-6H3,(H,46,47)/b31-9+,33-12-. The summed E-state index contributed by atoms with van der Waals surface area (Å²) >= 11 is 0.930. The van der Waals surface area contributed by atoms with Crippen LogP contribution in [0.1, 0.15) is 116 Å². The lowest BCUT2D eigenvalue weighted by Gasteiger charge is -2.31. The van der Waals surface area contributed by atoms with Crippen LogP contribution in [0.3, 0.4) is 0 Å². The minimum Gasteiger partial charge on any atom is -0.479 e. The van der Waals surface area contributed by atoms with Crippen LogP contribution in [0.15, 0.2) is 29.6 Å². The molecule has 1 aliphatic carbocycles.